The van der Waals surface area contributed by atoms with Gasteiger partial charge in [0.05, 0.1) is 6.04 Å². The first-order valence-electron chi connectivity index (χ1n) is 11.7. The van der Waals surface area contributed by atoms with Crippen LogP contribution in [-0.4, -0.2) is 76.8 Å². The van der Waals surface area contributed by atoms with Gasteiger partial charge >= 0.3 is 12.1 Å². The number of amides is 4. The largest absolute Gasteiger partial charge is 0.444 e. The Bertz CT molecular complexity index is 871. The zero-order valence-electron chi connectivity index (χ0n) is 19.7. The van der Waals surface area contributed by atoms with Gasteiger partial charge in [0.1, 0.15) is 18.2 Å². The van der Waals surface area contributed by atoms with E-state index in [9.17, 15) is 14.4 Å². The number of hydrogen-bond donors (Lipinski definition) is 1. The Balaban J connectivity index is 1.24. The highest BCUT2D eigenvalue weighted by Gasteiger charge is 2.48. The fraction of sp³-hybridized carbons (Fsp3) is 0.625. The van der Waals surface area contributed by atoms with Crippen molar-refractivity contribution in [1.29, 1.82) is 0 Å². The molecule has 9 nitrogen and oxygen atoms in total. The Kier molecular flexibility index (Phi) is 6.78. The number of urea groups is 1. The maximum atomic E-state index is 12.9. The number of nitrogens with zero attached hydrogens (tertiary/aromatic N) is 3. The number of fused-ring (bicyclic) bond motifs is 2. The van der Waals surface area contributed by atoms with Crippen molar-refractivity contribution >= 4 is 18.0 Å². The van der Waals surface area contributed by atoms with Gasteiger partial charge in [0, 0.05) is 26.2 Å². The maximum Gasteiger partial charge on any atom is 0.410 e. The summed E-state index contributed by atoms with van der Waals surface area (Å²) >= 11 is 0. The van der Waals surface area contributed by atoms with Gasteiger partial charge in [0.2, 0.25) is 5.91 Å². The van der Waals surface area contributed by atoms with E-state index >= 15 is 0 Å². The van der Waals surface area contributed by atoms with Crippen molar-refractivity contribution in [3.8, 4) is 0 Å². The zero-order chi connectivity index (χ0) is 23.6. The normalized spacial score (nSPS) is 24.9. The molecule has 0 unspecified atom stereocenters. The van der Waals surface area contributed by atoms with E-state index in [2.05, 4.69) is 5.32 Å². The van der Waals surface area contributed by atoms with Gasteiger partial charge < -0.3 is 19.9 Å². The molecule has 0 spiro atoms. The second kappa shape index (κ2) is 9.59. The number of benzene rings is 1. The van der Waals surface area contributed by atoms with E-state index in [4.69, 9.17) is 9.57 Å². The average molecular weight is 459 g/mol. The molecule has 9 heteroatoms. The Morgan fingerprint density at radius 2 is 1.85 bits per heavy atom. The van der Waals surface area contributed by atoms with E-state index in [0.717, 1.165) is 18.4 Å². The molecule has 3 fully saturated rings. The van der Waals surface area contributed by atoms with E-state index in [0.29, 0.717) is 39.2 Å². The molecule has 180 valence electrons. The van der Waals surface area contributed by atoms with Crippen molar-refractivity contribution in [3.63, 3.8) is 0 Å². The van der Waals surface area contributed by atoms with Crippen molar-refractivity contribution in [2.45, 2.75) is 64.3 Å². The van der Waals surface area contributed by atoms with E-state index < -0.39 is 11.6 Å². The number of likely N-dealkylation sites (tertiary alicyclic amines) is 1. The molecule has 3 saturated heterocycles. The summed E-state index contributed by atoms with van der Waals surface area (Å²) < 4.78 is 5.43. The first-order valence-corrected chi connectivity index (χ1v) is 11.7. The molecule has 0 aliphatic carbocycles. The van der Waals surface area contributed by atoms with Crippen molar-refractivity contribution in [2.75, 3.05) is 26.2 Å². The van der Waals surface area contributed by atoms with Gasteiger partial charge in [-0.25, -0.2) is 9.59 Å². The molecule has 3 atom stereocenters. The SMILES string of the molecule is CC(C)(C)OC(=O)N1CC[C@H](CNC(=O)[C@@H]2CC[C@@H]3CN2C(=O)N3OCc2ccccc2)C1. The topological polar surface area (TPSA) is 91.4 Å². The number of ether oxygens (including phenoxy) is 1. The summed E-state index contributed by atoms with van der Waals surface area (Å²) in [6.45, 7) is 8.03. The van der Waals surface area contributed by atoms with Gasteiger partial charge in [-0.15, -0.1) is 0 Å². The lowest BCUT2D eigenvalue weighted by molar-refractivity contribution is -0.140. The highest BCUT2D eigenvalue weighted by atomic mass is 16.7. The molecule has 3 heterocycles. The van der Waals surface area contributed by atoms with Crippen molar-refractivity contribution in [2.24, 2.45) is 5.92 Å². The Morgan fingerprint density at radius 1 is 1.09 bits per heavy atom. The molecular weight excluding hydrogens is 424 g/mol. The van der Waals surface area contributed by atoms with Crippen LogP contribution >= 0.6 is 0 Å². The molecule has 0 saturated carbocycles. The highest BCUT2D eigenvalue weighted by molar-refractivity contribution is 5.88. The van der Waals surface area contributed by atoms with Crippen molar-refractivity contribution in [1.82, 2.24) is 20.2 Å². The lowest BCUT2D eigenvalue weighted by atomic mass is 10.00. The maximum absolute atomic E-state index is 12.9. The van der Waals surface area contributed by atoms with Crippen LogP contribution in [0.1, 0.15) is 45.6 Å². The van der Waals surface area contributed by atoms with Crippen LogP contribution in [-0.2, 0) is 21.0 Å². The molecule has 33 heavy (non-hydrogen) atoms. The Hall–Kier alpha value is -2.81. The monoisotopic (exact) mass is 458 g/mol. The number of piperidine rings is 1. The molecule has 0 radical (unpaired) electrons. The summed E-state index contributed by atoms with van der Waals surface area (Å²) in [4.78, 5) is 47.2. The van der Waals surface area contributed by atoms with Crippen LogP contribution < -0.4 is 5.32 Å². The fourth-order valence-corrected chi connectivity index (χ4v) is 4.64. The number of rotatable bonds is 6. The minimum atomic E-state index is -0.525. The van der Waals surface area contributed by atoms with Crippen LogP contribution in [0.5, 0.6) is 0 Å². The summed E-state index contributed by atoms with van der Waals surface area (Å²) in [5, 5.41) is 4.45. The third-order valence-corrected chi connectivity index (χ3v) is 6.34. The third-order valence-electron chi connectivity index (χ3n) is 6.34. The van der Waals surface area contributed by atoms with Crippen LogP contribution in [0.15, 0.2) is 30.3 Å². The molecule has 1 aromatic carbocycles. The number of hydroxylamine groups is 2. The van der Waals surface area contributed by atoms with Gasteiger partial charge in [0.15, 0.2) is 0 Å². The van der Waals surface area contributed by atoms with Gasteiger partial charge in [-0.2, -0.15) is 5.06 Å². The predicted molar refractivity (Wildman–Crippen MR) is 121 cm³/mol. The molecule has 1 aromatic rings. The van der Waals surface area contributed by atoms with Crippen LogP contribution in [0.25, 0.3) is 0 Å². The molecule has 4 amide bonds. The standard InChI is InChI=1S/C24H34N4O5/c1-24(2,3)33-23(31)26-12-11-18(14-26)13-25-21(29)20-10-9-19-15-27(20)22(30)28(19)32-16-17-7-5-4-6-8-17/h4-8,18-20H,9-16H2,1-3H3,(H,25,29)/t18-,19-,20+/m1/s1. The van der Waals surface area contributed by atoms with E-state index in [1.54, 1.807) is 9.80 Å². The van der Waals surface area contributed by atoms with Gasteiger partial charge in [-0.05, 0) is 51.5 Å². The molecule has 3 aliphatic heterocycles. The van der Waals surface area contributed by atoms with Gasteiger partial charge in [-0.3, -0.25) is 9.63 Å². The summed E-state index contributed by atoms with van der Waals surface area (Å²) in [6, 6.07) is 8.96. The first kappa shape index (κ1) is 23.4. The highest BCUT2D eigenvalue weighted by Crippen LogP contribution is 2.30. The quantitative estimate of drug-likeness (QED) is 0.708. The zero-order valence-corrected chi connectivity index (χ0v) is 19.7. The lowest BCUT2D eigenvalue weighted by Crippen LogP contribution is -2.50. The van der Waals surface area contributed by atoms with Crippen LogP contribution in [0.4, 0.5) is 9.59 Å². The fourth-order valence-electron chi connectivity index (χ4n) is 4.64. The number of carbonyl (C=O) groups excluding carboxylic acids is 3. The number of hydrogen-bond acceptors (Lipinski definition) is 5. The predicted octanol–water partition coefficient (Wildman–Crippen LogP) is 2.76. The molecular formula is C24H34N4O5. The van der Waals surface area contributed by atoms with E-state index in [-0.39, 0.29) is 30.0 Å². The summed E-state index contributed by atoms with van der Waals surface area (Å²) in [7, 11) is 0. The minimum absolute atomic E-state index is 0.0255. The summed E-state index contributed by atoms with van der Waals surface area (Å²) in [6.07, 6.45) is 1.84. The van der Waals surface area contributed by atoms with Crippen molar-refractivity contribution in [3.05, 3.63) is 35.9 Å². The van der Waals surface area contributed by atoms with E-state index in [1.165, 1.54) is 5.06 Å². The van der Waals surface area contributed by atoms with Crippen LogP contribution in [0.3, 0.4) is 0 Å². The smallest absolute Gasteiger partial charge is 0.410 e. The Labute approximate surface area is 194 Å². The molecule has 3 aliphatic rings. The second-order valence-electron chi connectivity index (χ2n) is 10.1. The summed E-state index contributed by atoms with van der Waals surface area (Å²) in [5.41, 5.74) is 0.469. The van der Waals surface area contributed by atoms with Crippen molar-refractivity contribution < 1.29 is 24.0 Å². The van der Waals surface area contributed by atoms with Gasteiger partial charge in [0.25, 0.3) is 0 Å². The van der Waals surface area contributed by atoms with E-state index in [1.807, 2.05) is 51.1 Å². The van der Waals surface area contributed by atoms with Gasteiger partial charge in [-0.1, -0.05) is 30.3 Å². The first-order chi connectivity index (χ1) is 15.7. The number of carbonyl (C=O) groups is 3. The second-order valence-corrected chi connectivity index (χ2v) is 10.1. The average Bonchev–Trinajstić information content (AvgIpc) is 3.34. The molecule has 4 rings (SSSR count). The lowest BCUT2D eigenvalue weighted by Gasteiger charge is -2.29. The van der Waals surface area contributed by atoms with Crippen LogP contribution in [0.2, 0.25) is 0 Å². The molecule has 2 bridgehead atoms. The summed E-state index contributed by atoms with van der Waals surface area (Å²) in [5.74, 6) is 0.0419. The van der Waals surface area contributed by atoms with Crippen LogP contribution in [0, 0.1) is 5.92 Å². The molecule has 1 N–H and O–H groups in total. The minimum Gasteiger partial charge on any atom is -0.444 e. The Morgan fingerprint density at radius 3 is 2.58 bits per heavy atom. The molecule has 0 aromatic heterocycles. The number of nitrogens with one attached hydrogen (secondary N) is 1. The third kappa shape index (κ3) is 5.58.